The fourth-order valence-electron chi connectivity index (χ4n) is 5.66. The highest BCUT2D eigenvalue weighted by Gasteiger charge is 2.58. The number of hydrogen-bond acceptors (Lipinski definition) is 4. The van der Waals surface area contributed by atoms with E-state index in [0.29, 0.717) is 23.8 Å². The molecule has 1 aromatic rings. The molecule has 28 heavy (non-hydrogen) atoms. The molecule has 3 aliphatic rings. The van der Waals surface area contributed by atoms with Crippen LogP contribution in [0.1, 0.15) is 96.6 Å². The summed E-state index contributed by atoms with van der Waals surface area (Å²) in [5, 5.41) is 34.8. The Balaban J connectivity index is 1.86. The molecule has 4 rings (SSSR count). The number of fused-ring (bicyclic) bond motifs is 2. The predicted octanol–water partition coefficient (Wildman–Crippen LogP) is 6.33. The van der Waals surface area contributed by atoms with Crippen LogP contribution in [0.5, 0.6) is 11.5 Å². The minimum Gasteiger partial charge on any atom is -0.508 e. The first-order valence-corrected chi connectivity index (χ1v) is 10.9. The Morgan fingerprint density at radius 1 is 1.11 bits per heavy atom. The molecule has 1 aromatic carbocycles. The predicted molar refractivity (Wildman–Crippen MR) is 114 cm³/mol. The maximum atomic E-state index is 10.9. The Hall–Kier alpha value is -1.71. The summed E-state index contributed by atoms with van der Waals surface area (Å²) in [4.78, 5) is 0. The molecule has 4 nitrogen and oxygen atoms in total. The Morgan fingerprint density at radius 2 is 1.75 bits per heavy atom. The van der Waals surface area contributed by atoms with E-state index < -0.39 is 0 Å². The second-order valence-corrected chi connectivity index (χ2v) is 10.2. The highest BCUT2D eigenvalue weighted by atomic mass is 16.4. The van der Waals surface area contributed by atoms with Gasteiger partial charge >= 0.3 is 0 Å². The quantitative estimate of drug-likeness (QED) is 0.291. The van der Waals surface area contributed by atoms with Crippen molar-refractivity contribution in [2.24, 2.45) is 22.4 Å². The molecule has 3 N–H and O–H groups in total. The van der Waals surface area contributed by atoms with Crippen molar-refractivity contribution in [3.8, 4) is 11.5 Å². The summed E-state index contributed by atoms with van der Waals surface area (Å²) in [6, 6.07) is 3.70. The minimum absolute atomic E-state index is 0.00684. The van der Waals surface area contributed by atoms with Crippen LogP contribution in [0, 0.1) is 17.3 Å². The molecule has 4 heteroatoms. The van der Waals surface area contributed by atoms with Gasteiger partial charge in [0.1, 0.15) is 11.5 Å². The molecule has 0 radical (unpaired) electrons. The largest absolute Gasteiger partial charge is 0.508 e. The van der Waals surface area contributed by atoms with Crippen molar-refractivity contribution in [1.82, 2.24) is 0 Å². The standard InChI is InChI=1S/C24H37NO3/c1-6-7-8-9-10-23(2,3)15-11-20(26)22(21(27)12-15)16-13-19(25-28)18-14-17(16)24(18,4)5/h11-12,16-18,26-28H,6-10,13-14H2,1-5H3/b25-19-/t16-,17?,18?/m0/s1. The Kier molecular flexibility index (Phi) is 5.71. The third-order valence-electron chi connectivity index (χ3n) is 7.73. The van der Waals surface area contributed by atoms with Crippen molar-refractivity contribution in [2.45, 2.75) is 90.9 Å². The van der Waals surface area contributed by atoms with E-state index >= 15 is 0 Å². The molecule has 0 saturated heterocycles. The van der Waals surface area contributed by atoms with Crippen molar-refractivity contribution >= 4 is 5.71 Å². The first-order valence-electron chi connectivity index (χ1n) is 10.9. The monoisotopic (exact) mass is 387 g/mol. The summed E-state index contributed by atoms with van der Waals surface area (Å²) >= 11 is 0. The molecule has 156 valence electrons. The van der Waals surface area contributed by atoms with Crippen LogP contribution in [0.4, 0.5) is 0 Å². The number of oxime groups is 1. The maximum absolute atomic E-state index is 10.9. The topological polar surface area (TPSA) is 73.1 Å². The van der Waals surface area contributed by atoms with E-state index in [2.05, 4.69) is 39.8 Å². The minimum atomic E-state index is -0.0909. The number of unbranched alkanes of at least 4 members (excludes halogenated alkanes) is 3. The third kappa shape index (κ3) is 3.51. The molecule has 2 unspecified atom stereocenters. The van der Waals surface area contributed by atoms with Gasteiger partial charge in [-0.05, 0) is 59.6 Å². The molecule has 3 saturated carbocycles. The number of hydrogen-bond donors (Lipinski definition) is 3. The van der Waals surface area contributed by atoms with E-state index in [9.17, 15) is 15.4 Å². The zero-order valence-corrected chi connectivity index (χ0v) is 18.1. The van der Waals surface area contributed by atoms with Crippen LogP contribution in [0.2, 0.25) is 0 Å². The van der Waals surface area contributed by atoms with E-state index in [1.165, 1.54) is 19.3 Å². The van der Waals surface area contributed by atoms with Gasteiger partial charge in [0.2, 0.25) is 0 Å². The highest BCUT2D eigenvalue weighted by molar-refractivity contribution is 5.90. The molecule has 2 bridgehead atoms. The smallest absolute Gasteiger partial charge is 0.123 e. The molecule has 3 fully saturated rings. The van der Waals surface area contributed by atoms with Gasteiger partial charge in [0.15, 0.2) is 0 Å². The van der Waals surface area contributed by atoms with Gasteiger partial charge in [-0.1, -0.05) is 65.5 Å². The Labute approximate surface area is 169 Å². The van der Waals surface area contributed by atoms with E-state index in [0.717, 1.165) is 30.5 Å². The normalized spacial score (nSPS) is 27.6. The number of phenols is 2. The van der Waals surface area contributed by atoms with Crippen molar-refractivity contribution < 1.29 is 15.4 Å². The number of phenolic OH excluding ortho intramolecular Hbond substituents is 2. The number of aromatic hydroxyl groups is 2. The lowest BCUT2D eigenvalue weighted by Crippen LogP contribution is -2.56. The van der Waals surface area contributed by atoms with Gasteiger partial charge in [0.25, 0.3) is 0 Å². The molecule has 0 spiro atoms. The van der Waals surface area contributed by atoms with Crippen LogP contribution in [0.15, 0.2) is 17.3 Å². The average molecular weight is 388 g/mol. The Bertz CT molecular complexity index is 727. The molecule has 0 aliphatic heterocycles. The SMILES string of the molecule is CCCCCCC(C)(C)c1cc(O)c([C@H]2C/C(=N/O)C3CC2C3(C)C)c(O)c1. The maximum Gasteiger partial charge on any atom is 0.123 e. The average Bonchev–Trinajstić information content (AvgIpc) is 2.64. The van der Waals surface area contributed by atoms with Gasteiger partial charge in [0.05, 0.1) is 5.71 Å². The molecule has 3 atom stereocenters. The number of rotatable bonds is 7. The van der Waals surface area contributed by atoms with E-state index in [1.54, 1.807) is 0 Å². The van der Waals surface area contributed by atoms with Gasteiger partial charge < -0.3 is 15.4 Å². The first-order chi connectivity index (χ1) is 13.1. The highest BCUT2D eigenvalue weighted by Crippen LogP contribution is 2.64. The summed E-state index contributed by atoms with van der Waals surface area (Å²) in [6.07, 6.45) is 7.44. The van der Waals surface area contributed by atoms with Gasteiger partial charge in [0, 0.05) is 11.5 Å². The summed E-state index contributed by atoms with van der Waals surface area (Å²) in [5.41, 5.74) is 2.35. The van der Waals surface area contributed by atoms with Gasteiger partial charge in [-0.2, -0.15) is 0 Å². The van der Waals surface area contributed by atoms with E-state index in [-0.39, 0.29) is 28.2 Å². The number of benzene rings is 1. The second-order valence-electron chi connectivity index (χ2n) is 10.2. The van der Waals surface area contributed by atoms with E-state index in [1.807, 2.05) is 12.1 Å². The van der Waals surface area contributed by atoms with Crippen LogP contribution in [0.25, 0.3) is 0 Å². The zero-order valence-electron chi connectivity index (χ0n) is 18.1. The molecular formula is C24H37NO3. The molecular weight excluding hydrogens is 350 g/mol. The summed E-state index contributed by atoms with van der Waals surface area (Å²) in [7, 11) is 0. The third-order valence-corrected chi connectivity index (χ3v) is 7.73. The molecule has 0 aromatic heterocycles. The van der Waals surface area contributed by atoms with Crippen LogP contribution in [-0.4, -0.2) is 21.1 Å². The molecule has 0 heterocycles. The molecule has 3 aliphatic carbocycles. The summed E-state index contributed by atoms with van der Waals surface area (Å²) in [5.74, 6) is 1.05. The van der Waals surface area contributed by atoms with Crippen molar-refractivity contribution in [3.63, 3.8) is 0 Å². The van der Waals surface area contributed by atoms with Gasteiger partial charge in [-0.25, -0.2) is 0 Å². The van der Waals surface area contributed by atoms with Crippen LogP contribution >= 0.6 is 0 Å². The molecule has 0 amide bonds. The van der Waals surface area contributed by atoms with Crippen LogP contribution in [-0.2, 0) is 5.41 Å². The second kappa shape index (κ2) is 7.61. The number of nitrogens with zero attached hydrogens (tertiary/aromatic N) is 1. The lowest BCUT2D eigenvalue weighted by molar-refractivity contribution is -0.0182. The fraction of sp³-hybridized carbons (Fsp3) is 0.708. The Morgan fingerprint density at radius 3 is 2.29 bits per heavy atom. The summed E-state index contributed by atoms with van der Waals surface area (Å²) in [6.45, 7) is 11.0. The first kappa shape index (κ1) is 21.0. The van der Waals surface area contributed by atoms with Crippen molar-refractivity contribution in [2.75, 3.05) is 0 Å². The van der Waals surface area contributed by atoms with Crippen molar-refractivity contribution in [3.05, 3.63) is 23.3 Å². The fourth-order valence-corrected chi connectivity index (χ4v) is 5.66. The van der Waals surface area contributed by atoms with Crippen LogP contribution < -0.4 is 0 Å². The zero-order chi connectivity index (χ0) is 20.7. The van der Waals surface area contributed by atoms with Crippen molar-refractivity contribution in [1.29, 1.82) is 0 Å². The summed E-state index contributed by atoms with van der Waals surface area (Å²) < 4.78 is 0. The van der Waals surface area contributed by atoms with Crippen LogP contribution in [0.3, 0.4) is 0 Å². The lowest BCUT2D eigenvalue weighted by Gasteiger charge is -2.60. The van der Waals surface area contributed by atoms with E-state index in [4.69, 9.17) is 0 Å². The van der Waals surface area contributed by atoms with Gasteiger partial charge in [-0.3, -0.25) is 0 Å². The lowest BCUT2D eigenvalue weighted by atomic mass is 9.44. The van der Waals surface area contributed by atoms with Gasteiger partial charge in [-0.15, -0.1) is 0 Å².